The van der Waals surface area contributed by atoms with Gasteiger partial charge in [0.05, 0.1) is 24.5 Å². The molecule has 0 saturated heterocycles. The summed E-state index contributed by atoms with van der Waals surface area (Å²) in [5, 5.41) is 2.88. The highest BCUT2D eigenvalue weighted by atomic mass is 35.5. The molecule has 2 aromatic rings. The Morgan fingerprint density at radius 1 is 1.18 bits per heavy atom. The monoisotopic (exact) mass is 424 g/mol. The number of aryl methyl sites for hydroxylation is 1. The molecule has 0 aliphatic rings. The van der Waals surface area contributed by atoms with Gasteiger partial charge in [-0.2, -0.15) is 0 Å². The van der Waals surface area contributed by atoms with Crippen molar-refractivity contribution in [1.29, 1.82) is 0 Å². The fraction of sp³-hybridized carbons (Fsp3) is 0.263. The maximum atomic E-state index is 13.0. The van der Waals surface area contributed by atoms with Gasteiger partial charge in [0, 0.05) is 17.6 Å². The van der Waals surface area contributed by atoms with Crippen molar-refractivity contribution < 1.29 is 22.7 Å². The van der Waals surface area contributed by atoms with Gasteiger partial charge in [0.1, 0.15) is 0 Å². The third-order valence-electron chi connectivity index (χ3n) is 3.97. The Bertz CT molecular complexity index is 992. The van der Waals surface area contributed by atoms with Crippen molar-refractivity contribution in [3.63, 3.8) is 0 Å². The molecule has 2 N–H and O–H groups in total. The number of hydrogen-bond acceptors (Lipinski definition) is 5. The van der Waals surface area contributed by atoms with Crippen LogP contribution in [0.15, 0.2) is 47.4 Å². The first kappa shape index (κ1) is 21.9. The number of carbonyl (C=O) groups excluding carboxylic acids is 2. The second-order valence-corrected chi connectivity index (χ2v) is 8.23. The second kappa shape index (κ2) is 9.18. The lowest BCUT2D eigenvalue weighted by Crippen LogP contribution is -2.31. The zero-order valence-corrected chi connectivity index (χ0v) is 17.2. The average Bonchev–Trinajstić information content (AvgIpc) is 2.62. The molecule has 28 heavy (non-hydrogen) atoms. The summed E-state index contributed by atoms with van der Waals surface area (Å²) in [7, 11) is -2.81. The summed E-state index contributed by atoms with van der Waals surface area (Å²) in [4.78, 5) is 23.1. The topological polar surface area (TPSA) is 102 Å². The lowest BCUT2D eigenvalue weighted by atomic mass is 10.1. The van der Waals surface area contributed by atoms with E-state index >= 15 is 0 Å². The van der Waals surface area contributed by atoms with Crippen LogP contribution in [0.2, 0.25) is 5.02 Å². The van der Waals surface area contributed by atoms with E-state index in [1.807, 2.05) is 0 Å². The molecular weight excluding hydrogens is 404 g/mol. The standard InChI is InChI=1S/C19H21ClN2O5S/c1-12-8-9-14(21-13(2)23)10-18(12)28(25,26)22-17(11-19(24)27-3)15-6-4-5-7-16(15)20/h4-10,17,22H,11H2,1-3H3,(H,21,23). The summed E-state index contributed by atoms with van der Waals surface area (Å²) in [5.41, 5.74) is 1.28. The summed E-state index contributed by atoms with van der Waals surface area (Å²) < 4.78 is 33.3. The van der Waals surface area contributed by atoms with Gasteiger partial charge in [-0.3, -0.25) is 9.59 Å². The minimum absolute atomic E-state index is 0.0133. The smallest absolute Gasteiger partial charge is 0.307 e. The molecule has 1 atom stereocenters. The van der Waals surface area contributed by atoms with Crippen LogP contribution >= 0.6 is 11.6 Å². The molecular formula is C19H21ClN2O5S. The van der Waals surface area contributed by atoms with Crippen molar-refractivity contribution in [2.45, 2.75) is 31.2 Å². The molecule has 1 amide bonds. The van der Waals surface area contributed by atoms with E-state index in [1.54, 1.807) is 43.3 Å². The maximum Gasteiger partial charge on any atom is 0.307 e. The number of benzene rings is 2. The number of anilines is 1. The maximum absolute atomic E-state index is 13.0. The largest absolute Gasteiger partial charge is 0.469 e. The Hall–Kier alpha value is -2.42. The van der Waals surface area contributed by atoms with Crippen molar-refractivity contribution in [2.75, 3.05) is 12.4 Å². The lowest BCUT2D eigenvalue weighted by molar-refractivity contribution is -0.141. The van der Waals surface area contributed by atoms with Gasteiger partial charge in [0.25, 0.3) is 0 Å². The quantitative estimate of drug-likeness (QED) is 0.664. The highest BCUT2D eigenvalue weighted by Gasteiger charge is 2.27. The van der Waals surface area contributed by atoms with Crippen LogP contribution in [0.5, 0.6) is 0 Å². The number of sulfonamides is 1. The van der Waals surface area contributed by atoms with Crippen molar-refractivity contribution >= 4 is 39.2 Å². The van der Waals surface area contributed by atoms with Crippen molar-refractivity contribution in [3.05, 3.63) is 58.6 Å². The predicted octanol–water partition coefficient (Wildman–Crippen LogP) is 3.19. The minimum atomic E-state index is -4.03. The third-order valence-corrected chi connectivity index (χ3v) is 5.93. The molecule has 150 valence electrons. The fourth-order valence-corrected chi connectivity index (χ4v) is 4.40. The highest BCUT2D eigenvalue weighted by Crippen LogP contribution is 2.28. The van der Waals surface area contributed by atoms with E-state index in [0.717, 1.165) is 0 Å². The number of nitrogens with one attached hydrogen (secondary N) is 2. The SMILES string of the molecule is COC(=O)CC(NS(=O)(=O)c1cc(NC(C)=O)ccc1C)c1ccccc1Cl. The molecule has 0 aliphatic heterocycles. The number of carbonyl (C=O) groups is 2. The van der Waals surface area contributed by atoms with Gasteiger partial charge in [0.15, 0.2) is 0 Å². The van der Waals surface area contributed by atoms with Crippen LogP contribution in [-0.4, -0.2) is 27.4 Å². The zero-order chi connectivity index (χ0) is 20.9. The van der Waals surface area contributed by atoms with Gasteiger partial charge in [0.2, 0.25) is 15.9 Å². The highest BCUT2D eigenvalue weighted by molar-refractivity contribution is 7.89. The van der Waals surface area contributed by atoms with Crippen LogP contribution in [0.25, 0.3) is 0 Å². The second-order valence-electron chi connectivity index (χ2n) is 6.14. The number of esters is 1. The molecule has 0 bridgehead atoms. The lowest BCUT2D eigenvalue weighted by Gasteiger charge is -2.20. The van der Waals surface area contributed by atoms with Crippen molar-refractivity contribution in [1.82, 2.24) is 4.72 Å². The first-order valence-corrected chi connectivity index (χ1v) is 10.2. The molecule has 1 unspecified atom stereocenters. The van der Waals surface area contributed by atoms with E-state index in [0.29, 0.717) is 21.8 Å². The van der Waals surface area contributed by atoms with E-state index in [1.165, 1.54) is 20.1 Å². The van der Waals surface area contributed by atoms with Gasteiger partial charge in [-0.15, -0.1) is 0 Å². The summed E-state index contributed by atoms with van der Waals surface area (Å²) >= 11 is 6.20. The van der Waals surface area contributed by atoms with E-state index in [9.17, 15) is 18.0 Å². The van der Waals surface area contributed by atoms with Crippen LogP contribution in [0.3, 0.4) is 0 Å². The Kier molecular flexibility index (Phi) is 7.17. The molecule has 2 rings (SSSR count). The molecule has 0 spiro atoms. The number of halogens is 1. The molecule has 9 heteroatoms. The molecule has 0 radical (unpaired) electrons. The first-order chi connectivity index (χ1) is 13.1. The van der Waals surface area contributed by atoms with E-state index in [4.69, 9.17) is 11.6 Å². The van der Waals surface area contributed by atoms with Crippen LogP contribution in [0.4, 0.5) is 5.69 Å². The van der Waals surface area contributed by atoms with Crippen LogP contribution in [0.1, 0.15) is 30.5 Å². The number of ether oxygens (including phenoxy) is 1. The summed E-state index contributed by atoms with van der Waals surface area (Å²) in [6, 6.07) is 10.3. The van der Waals surface area contributed by atoms with Gasteiger partial charge in [-0.05, 0) is 36.2 Å². The molecule has 2 aromatic carbocycles. The van der Waals surface area contributed by atoms with Gasteiger partial charge in [-0.1, -0.05) is 35.9 Å². The molecule has 0 heterocycles. The van der Waals surface area contributed by atoms with Crippen LogP contribution in [0, 0.1) is 6.92 Å². The minimum Gasteiger partial charge on any atom is -0.469 e. The summed E-state index contributed by atoms with van der Waals surface area (Å²) in [6.45, 7) is 2.97. The Balaban J connectivity index is 2.44. The fourth-order valence-electron chi connectivity index (χ4n) is 2.64. The van der Waals surface area contributed by atoms with Crippen LogP contribution < -0.4 is 10.0 Å². The molecule has 0 aliphatic carbocycles. The van der Waals surface area contributed by atoms with E-state index < -0.39 is 22.0 Å². The number of amides is 1. The predicted molar refractivity (Wildman–Crippen MR) is 107 cm³/mol. The number of rotatable bonds is 7. The molecule has 0 fully saturated rings. The third kappa shape index (κ3) is 5.54. The molecule has 7 nitrogen and oxygen atoms in total. The van der Waals surface area contributed by atoms with E-state index in [2.05, 4.69) is 14.8 Å². The average molecular weight is 425 g/mol. The molecule has 0 aromatic heterocycles. The van der Waals surface area contributed by atoms with Gasteiger partial charge in [-0.25, -0.2) is 13.1 Å². The number of hydrogen-bond donors (Lipinski definition) is 2. The normalized spacial score (nSPS) is 12.3. The Labute approximate surface area is 169 Å². The summed E-state index contributed by atoms with van der Waals surface area (Å²) in [6.07, 6.45) is -0.232. The summed E-state index contributed by atoms with van der Waals surface area (Å²) in [5.74, 6) is -0.906. The van der Waals surface area contributed by atoms with Crippen molar-refractivity contribution in [2.24, 2.45) is 0 Å². The number of methoxy groups -OCH3 is 1. The Morgan fingerprint density at radius 3 is 2.46 bits per heavy atom. The van der Waals surface area contributed by atoms with Crippen LogP contribution in [-0.2, 0) is 24.3 Å². The Morgan fingerprint density at radius 2 is 1.86 bits per heavy atom. The van der Waals surface area contributed by atoms with Gasteiger partial charge < -0.3 is 10.1 Å². The molecule has 0 saturated carbocycles. The first-order valence-electron chi connectivity index (χ1n) is 8.36. The zero-order valence-electron chi connectivity index (χ0n) is 15.7. The van der Waals surface area contributed by atoms with Crippen molar-refractivity contribution in [3.8, 4) is 0 Å². The van der Waals surface area contributed by atoms with Gasteiger partial charge >= 0.3 is 5.97 Å². The van der Waals surface area contributed by atoms with E-state index in [-0.39, 0.29) is 17.2 Å².